The summed E-state index contributed by atoms with van der Waals surface area (Å²) in [6.07, 6.45) is 0. The molecule has 1 aromatic rings. The first-order chi connectivity index (χ1) is 9.53. The van der Waals surface area contributed by atoms with E-state index in [2.05, 4.69) is 4.84 Å². The van der Waals surface area contributed by atoms with Crippen LogP contribution in [0.1, 0.15) is 10.4 Å². The van der Waals surface area contributed by atoms with Gasteiger partial charge in [-0.2, -0.15) is 0 Å². The number of carboxylic acid groups (broad SMARTS) is 1. The van der Waals surface area contributed by atoms with E-state index in [9.17, 15) is 9.59 Å². The second-order valence-corrected chi connectivity index (χ2v) is 3.52. The number of amides is 1. The first kappa shape index (κ1) is 15.6. The van der Waals surface area contributed by atoms with Crippen LogP contribution in [0.4, 0.5) is 0 Å². The molecule has 0 heterocycles. The number of aliphatic carboxylic acids is 1. The number of carbonyl (C=O) groups excluding carboxylic acids is 1. The Balaban J connectivity index is 2.97. The van der Waals surface area contributed by atoms with Crippen LogP contribution < -0.4 is 19.7 Å². The second kappa shape index (κ2) is 7.19. The van der Waals surface area contributed by atoms with Crippen LogP contribution >= 0.6 is 0 Å². The summed E-state index contributed by atoms with van der Waals surface area (Å²) >= 11 is 0. The lowest BCUT2D eigenvalue weighted by atomic mass is 10.1. The maximum atomic E-state index is 11.9. The molecule has 1 aromatic carbocycles. The Morgan fingerprint density at radius 1 is 1.05 bits per heavy atom. The van der Waals surface area contributed by atoms with Gasteiger partial charge in [0.1, 0.15) is 5.75 Å². The third-order valence-corrected chi connectivity index (χ3v) is 2.31. The standard InChI is InChI=1S/C12H15NO7/c1-17-8-5-10(19-3)9(18-2)4-7(8)12(16)13-20-6-11(14)15/h4-5H,6H2,1-3H3,(H,13,16)(H,14,15). The van der Waals surface area contributed by atoms with Crippen molar-refractivity contribution < 1.29 is 33.7 Å². The van der Waals surface area contributed by atoms with Crippen molar-refractivity contribution in [1.82, 2.24) is 5.48 Å². The predicted octanol–water partition coefficient (Wildman–Crippen LogP) is 0.458. The van der Waals surface area contributed by atoms with Crippen LogP contribution in [0.5, 0.6) is 17.2 Å². The van der Waals surface area contributed by atoms with Gasteiger partial charge >= 0.3 is 5.97 Å². The van der Waals surface area contributed by atoms with Gasteiger partial charge in [0.25, 0.3) is 5.91 Å². The lowest BCUT2D eigenvalue weighted by Gasteiger charge is -2.13. The monoisotopic (exact) mass is 285 g/mol. The summed E-state index contributed by atoms with van der Waals surface area (Å²) in [6, 6.07) is 2.88. The van der Waals surface area contributed by atoms with Crippen molar-refractivity contribution in [3.05, 3.63) is 17.7 Å². The van der Waals surface area contributed by atoms with Crippen molar-refractivity contribution in [1.29, 1.82) is 0 Å². The van der Waals surface area contributed by atoms with Crippen molar-refractivity contribution in [2.75, 3.05) is 27.9 Å². The molecule has 0 radical (unpaired) electrons. The van der Waals surface area contributed by atoms with Crippen LogP contribution in [0.25, 0.3) is 0 Å². The molecule has 8 heteroatoms. The zero-order valence-corrected chi connectivity index (χ0v) is 11.3. The first-order valence-corrected chi connectivity index (χ1v) is 5.47. The highest BCUT2D eigenvalue weighted by Crippen LogP contribution is 2.34. The van der Waals surface area contributed by atoms with E-state index in [1.807, 2.05) is 5.48 Å². The molecule has 0 aliphatic heterocycles. The molecule has 1 amide bonds. The zero-order valence-electron chi connectivity index (χ0n) is 11.3. The molecule has 1 rings (SSSR count). The van der Waals surface area contributed by atoms with Crippen molar-refractivity contribution in [2.45, 2.75) is 0 Å². The van der Waals surface area contributed by atoms with Gasteiger partial charge in [0.05, 0.1) is 26.9 Å². The molecule has 2 N–H and O–H groups in total. The topological polar surface area (TPSA) is 103 Å². The van der Waals surface area contributed by atoms with Gasteiger partial charge in [0, 0.05) is 12.1 Å². The van der Waals surface area contributed by atoms with E-state index in [-0.39, 0.29) is 11.3 Å². The predicted molar refractivity (Wildman–Crippen MR) is 67.2 cm³/mol. The van der Waals surface area contributed by atoms with E-state index in [1.54, 1.807) is 0 Å². The average molecular weight is 285 g/mol. The molecule has 0 saturated heterocycles. The fraction of sp³-hybridized carbons (Fsp3) is 0.333. The number of hydrogen-bond donors (Lipinski definition) is 2. The highest BCUT2D eigenvalue weighted by molar-refractivity contribution is 5.97. The van der Waals surface area contributed by atoms with Crippen LogP contribution in [0.15, 0.2) is 12.1 Å². The van der Waals surface area contributed by atoms with Gasteiger partial charge in [-0.05, 0) is 0 Å². The quantitative estimate of drug-likeness (QED) is 0.701. The number of nitrogens with one attached hydrogen (secondary N) is 1. The van der Waals surface area contributed by atoms with Crippen molar-refractivity contribution in [2.24, 2.45) is 0 Å². The van der Waals surface area contributed by atoms with Gasteiger partial charge in [0.2, 0.25) is 0 Å². The summed E-state index contributed by atoms with van der Waals surface area (Å²) in [5, 5.41) is 8.41. The van der Waals surface area contributed by atoms with Gasteiger partial charge in [-0.15, -0.1) is 0 Å². The summed E-state index contributed by atoms with van der Waals surface area (Å²) in [5.74, 6) is -0.906. The zero-order chi connectivity index (χ0) is 15.1. The van der Waals surface area contributed by atoms with Gasteiger partial charge in [-0.3, -0.25) is 9.63 Å². The van der Waals surface area contributed by atoms with E-state index in [0.29, 0.717) is 11.5 Å². The molecule has 0 bridgehead atoms. The minimum Gasteiger partial charge on any atom is -0.496 e. The maximum Gasteiger partial charge on any atom is 0.332 e. The van der Waals surface area contributed by atoms with E-state index < -0.39 is 18.5 Å². The van der Waals surface area contributed by atoms with Gasteiger partial charge < -0.3 is 19.3 Å². The molecular formula is C12H15NO7. The highest BCUT2D eigenvalue weighted by atomic mass is 16.7. The largest absolute Gasteiger partial charge is 0.496 e. The Labute approximate surface area is 115 Å². The SMILES string of the molecule is COc1cc(OC)c(C(=O)NOCC(=O)O)cc1OC. The van der Waals surface area contributed by atoms with Crippen LogP contribution in [-0.2, 0) is 9.63 Å². The number of carbonyl (C=O) groups is 2. The van der Waals surface area contributed by atoms with Crippen LogP contribution in [0.2, 0.25) is 0 Å². The molecule has 0 aliphatic carbocycles. The van der Waals surface area contributed by atoms with E-state index in [1.165, 1.54) is 33.5 Å². The van der Waals surface area contributed by atoms with E-state index in [4.69, 9.17) is 19.3 Å². The smallest absolute Gasteiger partial charge is 0.332 e. The van der Waals surface area contributed by atoms with E-state index in [0.717, 1.165) is 0 Å². The summed E-state index contributed by atoms with van der Waals surface area (Å²) < 4.78 is 15.2. The first-order valence-electron chi connectivity index (χ1n) is 5.47. The molecule has 0 unspecified atom stereocenters. The van der Waals surface area contributed by atoms with E-state index >= 15 is 0 Å². The summed E-state index contributed by atoms with van der Waals surface area (Å²) in [6.45, 7) is -0.651. The molecule has 0 fully saturated rings. The molecule has 0 saturated carbocycles. The van der Waals surface area contributed by atoms with Crippen LogP contribution in [-0.4, -0.2) is 44.9 Å². The molecule has 0 aliphatic rings. The van der Waals surface area contributed by atoms with Crippen LogP contribution in [0, 0.1) is 0 Å². The number of hydrogen-bond acceptors (Lipinski definition) is 6. The molecular weight excluding hydrogens is 270 g/mol. The Hall–Kier alpha value is -2.48. The fourth-order valence-corrected chi connectivity index (χ4v) is 1.43. The van der Waals surface area contributed by atoms with Crippen molar-refractivity contribution >= 4 is 11.9 Å². The third kappa shape index (κ3) is 3.75. The number of rotatable bonds is 7. The fourth-order valence-electron chi connectivity index (χ4n) is 1.43. The average Bonchev–Trinajstić information content (AvgIpc) is 2.45. The Morgan fingerprint density at radius 2 is 1.60 bits per heavy atom. The third-order valence-electron chi connectivity index (χ3n) is 2.31. The van der Waals surface area contributed by atoms with Gasteiger partial charge in [-0.1, -0.05) is 0 Å². The minimum absolute atomic E-state index is 0.121. The normalized spacial score (nSPS) is 9.75. The second-order valence-electron chi connectivity index (χ2n) is 3.52. The molecule has 110 valence electrons. The number of ether oxygens (including phenoxy) is 3. The Morgan fingerprint density at radius 3 is 2.10 bits per heavy atom. The number of methoxy groups -OCH3 is 3. The lowest BCUT2D eigenvalue weighted by Crippen LogP contribution is -2.27. The molecule has 0 spiro atoms. The van der Waals surface area contributed by atoms with Gasteiger partial charge in [-0.25, -0.2) is 10.3 Å². The van der Waals surface area contributed by atoms with Gasteiger partial charge in [0.15, 0.2) is 18.1 Å². The molecule has 8 nitrogen and oxygen atoms in total. The molecule has 0 aromatic heterocycles. The lowest BCUT2D eigenvalue weighted by molar-refractivity contribution is -0.144. The van der Waals surface area contributed by atoms with Crippen LogP contribution in [0.3, 0.4) is 0 Å². The van der Waals surface area contributed by atoms with Crippen molar-refractivity contribution in [3.8, 4) is 17.2 Å². The Bertz CT molecular complexity index is 501. The molecule has 0 atom stereocenters. The number of benzene rings is 1. The highest BCUT2D eigenvalue weighted by Gasteiger charge is 2.18. The summed E-state index contributed by atoms with van der Waals surface area (Å²) in [7, 11) is 4.26. The number of carboxylic acids is 1. The Kier molecular flexibility index (Phi) is 5.60. The minimum atomic E-state index is -1.20. The number of hydroxylamine groups is 1. The molecule has 20 heavy (non-hydrogen) atoms. The maximum absolute atomic E-state index is 11.9. The van der Waals surface area contributed by atoms with Crippen molar-refractivity contribution in [3.63, 3.8) is 0 Å². The summed E-state index contributed by atoms with van der Waals surface area (Å²) in [4.78, 5) is 26.7. The summed E-state index contributed by atoms with van der Waals surface area (Å²) in [5.41, 5.74) is 2.12.